The van der Waals surface area contributed by atoms with E-state index in [0.717, 1.165) is 5.56 Å². The molecule has 0 aliphatic heterocycles. The number of hydrogen-bond donors (Lipinski definition) is 1. The molecule has 0 saturated heterocycles. The molecule has 1 aromatic heterocycles. The Labute approximate surface area is 139 Å². The number of aromatic nitrogens is 3. The van der Waals surface area contributed by atoms with Crippen molar-refractivity contribution in [1.29, 1.82) is 0 Å². The van der Waals surface area contributed by atoms with E-state index in [1.807, 2.05) is 30.3 Å². The Kier molecular flexibility index (Phi) is 4.65. The first kappa shape index (κ1) is 15.9. The monoisotopic (exact) mass is 324 g/mol. The quantitative estimate of drug-likeness (QED) is 0.785. The molecule has 122 valence electrons. The molecular formula is C18H17FN4O. The van der Waals surface area contributed by atoms with Crippen LogP contribution in [0.15, 0.2) is 61.2 Å². The average molecular weight is 324 g/mol. The number of hydrogen-bond acceptors (Lipinski definition) is 3. The zero-order chi connectivity index (χ0) is 16.9. The highest BCUT2D eigenvalue weighted by molar-refractivity contribution is 5.94. The molecule has 1 unspecified atom stereocenters. The summed E-state index contributed by atoms with van der Waals surface area (Å²) >= 11 is 0. The lowest BCUT2D eigenvalue weighted by atomic mass is 10.1. The molecule has 5 nitrogen and oxygen atoms in total. The number of carbonyl (C=O) groups is 1. The first-order valence-electron chi connectivity index (χ1n) is 7.58. The summed E-state index contributed by atoms with van der Waals surface area (Å²) in [4.78, 5) is 16.4. The van der Waals surface area contributed by atoms with Gasteiger partial charge in [-0.05, 0) is 30.2 Å². The third-order valence-corrected chi connectivity index (χ3v) is 3.78. The van der Waals surface area contributed by atoms with E-state index in [1.54, 1.807) is 30.1 Å². The summed E-state index contributed by atoms with van der Waals surface area (Å²) in [6.45, 7) is 2.10. The van der Waals surface area contributed by atoms with Gasteiger partial charge in [-0.1, -0.05) is 36.4 Å². The second kappa shape index (κ2) is 7.04. The molecule has 0 saturated carbocycles. The Hall–Kier alpha value is -3.02. The molecular weight excluding hydrogens is 307 g/mol. The summed E-state index contributed by atoms with van der Waals surface area (Å²) in [6.07, 6.45) is 3.03. The predicted octanol–water partition coefficient (Wildman–Crippen LogP) is 2.90. The van der Waals surface area contributed by atoms with Crippen molar-refractivity contribution in [3.63, 3.8) is 0 Å². The highest BCUT2D eigenvalue weighted by atomic mass is 19.1. The van der Waals surface area contributed by atoms with Crippen LogP contribution in [0.2, 0.25) is 0 Å². The van der Waals surface area contributed by atoms with Gasteiger partial charge in [0.2, 0.25) is 0 Å². The number of halogens is 1. The van der Waals surface area contributed by atoms with Crippen molar-refractivity contribution in [1.82, 2.24) is 20.1 Å². The second-order valence-corrected chi connectivity index (χ2v) is 5.52. The van der Waals surface area contributed by atoms with E-state index in [2.05, 4.69) is 15.4 Å². The van der Waals surface area contributed by atoms with Gasteiger partial charge in [-0.3, -0.25) is 9.48 Å². The SMILES string of the molecule is Cc1ccc(C(=O)NC(Cn2cncn2)c2ccccc2)cc1F. The lowest BCUT2D eigenvalue weighted by Gasteiger charge is -2.19. The van der Waals surface area contributed by atoms with E-state index >= 15 is 0 Å². The third-order valence-electron chi connectivity index (χ3n) is 3.78. The van der Waals surface area contributed by atoms with E-state index in [1.165, 1.54) is 12.4 Å². The fourth-order valence-corrected chi connectivity index (χ4v) is 2.41. The molecule has 1 N–H and O–H groups in total. The van der Waals surface area contributed by atoms with Crippen LogP contribution in [0.25, 0.3) is 0 Å². The summed E-state index contributed by atoms with van der Waals surface area (Å²) in [5.74, 6) is -0.724. The van der Waals surface area contributed by atoms with Crippen molar-refractivity contribution in [3.05, 3.63) is 83.7 Å². The minimum absolute atomic E-state index is 0.289. The first-order chi connectivity index (χ1) is 11.6. The van der Waals surface area contributed by atoms with Gasteiger partial charge in [0.25, 0.3) is 5.91 Å². The molecule has 0 aliphatic rings. The van der Waals surface area contributed by atoms with Crippen LogP contribution in [0, 0.1) is 12.7 Å². The Balaban J connectivity index is 1.83. The molecule has 1 atom stereocenters. The van der Waals surface area contributed by atoms with Gasteiger partial charge in [0.05, 0.1) is 12.6 Å². The minimum Gasteiger partial charge on any atom is -0.343 e. The standard InChI is InChI=1S/C18H17FN4O/c1-13-7-8-15(9-16(13)19)18(24)22-17(10-23-12-20-11-21-23)14-5-3-2-4-6-14/h2-9,11-12,17H,10H2,1H3,(H,22,24). The van der Waals surface area contributed by atoms with Crippen LogP contribution in [0.5, 0.6) is 0 Å². The van der Waals surface area contributed by atoms with Gasteiger partial charge in [0.15, 0.2) is 0 Å². The maximum absolute atomic E-state index is 13.7. The summed E-state index contributed by atoms with van der Waals surface area (Å²) in [5, 5.41) is 7.02. The summed E-state index contributed by atoms with van der Waals surface area (Å²) in [6, 6.07) is 13.7. The Bertz CT molecular complexity index is 818. The number of amides is 1. The average Bonchev–Trinajstić information content (AvgIpc) is 3.10. The maximum Gasteiger partial charge on any atom is 0.251 e. The third kappa shape index (κ3) is 3.65. The van der Waals surface area contributed by atoms with Gasteiger partial charge >= 0.3 is 0 Å². The number of nitrogens with zero attached hydrogens (tertiary/aromatic N) is 3. The summed E-state index contributed by atoms with van der Waals surface area (Å²) in [5.41, 5.74) is 1.74. The molecule has 0 fully saturated rings. The van der Waals surface area contributed by atoms with Crippen LogP contribution in [0.4, 0.5) is 4.39 Å². The zero-order valence-electron chi connectivity index (χ0n) is 13.2. The van der Waals surface area contributed by atoms with Gasteiger partial charge in [-0.15, -0.1) is 0 Å². The molecule has 24 heavy (non-hydrogen) atoms. The van der Waals surface area contributed by atoms with E-state index < -0.39 is 5.82 Å². The molecule has 0 spiro atoms. The Morgan fingerprint density at radius 3 is 2.71 bits per heavy atom. The molecule has 0 aliphatic carbocycles. The van der Waals surface area contributed by atoms with E-state index in [0.29, 0.717) is 12.1 Å². The smallest absolute Gasteiger partial charge is 0.251 e. The van der Waals surface area contributed by atoms with Crippen molar-refractivity contribution < 1.29 is 9.18 Å². The summed E-state index contributed by atoms with van der Waals surface area (Å²) < 4.78 is 15.3. The number of rotatable bonds is 5. The molecule has 0 bridgehead atoms. The van der Waals surface area contributed by atoms with E-state index in [-0.39, 0.29) is 17.5 Å². The molecule has 3 rings (SSSR count). The Morgan fingerprint density at radius 1 is 1.25 bits per heavy atom. The fourth-order valence-electron chi connectivity index (χ4n) is 2.41. The minimum atomic E-state index is -0.393. The fraction of sp³-hybridized carbons (Fsp3) is 0.167. The second-order valence-electron chi connectivity index (χ2n) is 5.52. The molecule has 1 amide bonds. The molecule has 1 heterocycles. The number of nitrogens with one attached hydrogen (secondary N) is 1. The number of benzene rings is 2. The normalized spacial score (nSPS) is 11.9. The number of carbonyl (C=O) groups excluding carboxylic acids is 1. The van der Waals surface area contributed by atoms with Crippen molar-refractivity contribution in [2.75, 3.05) is 0 Å². The molecule has 2 aromatic carbocycles. The maximum atomic E-state index is 13.7. The highest BCUT2D eigenvalue weighted by Gasteiger charge is 2.17. The molecule has 3 aromatic rings. The highest BCUT2D eigenvalue weighted by Crippen LogP contribution is 2.16. The van der Waals surface area contributed by atoms with Gasteiger partial charge < -0.3 is 5.32 Å². The van der Waals surface area contributed by atoms with Crippen LogP contribution in [-0.4, -0.2) is 20.7 Å². The number of aryl methyl sites for hydroxylation is 1. The Morgan fingerprint density at radius 2 is 2.04 bits per heavy atom. The zero-order valence-corrected chi connectivity index (χ0v) is 13.2. The van der Waals surface area contributed by atoms with Crippen molar-refractivity contribution >= 4 is 5.91 Å². The van der Waals surface area contributed by atoms with Crippen LogP contribution in [0.3, 0.4) is 0 Å². The van der Waals surface area contributed by atoms with E-state index in [9.17, 15) is 9.18 Å². The van der Waals surface area contributed by atoms with Crippen LogP contribution in [0.1, 0.15) is 27.5 Å². The molecule has 6 heteroatoms. The lowest BCUT2D eigenvalue weighted by Crippen LogP contribution is -2.31. The van der Waals surface area contributed by atoms with Crippen molar-refractivity contribution in [2.24, 2.45) is 0 Å². The van der Waals surface area contributed by atoms with E-state index in [4.69, 9.17) is 0 Å². The van der Waals surface area contributed by atoms with Gasteiger partial charge in [0.1, 0.15) is 18.5 Å². The van der Waals surface area contributed by atoms with Gasteiger partial charge in [-0.2, -0.15) is 5.10 Å². The van der Waals surface area contributed by atoms with Crippen molar-refractivity contribution in [2.45, 2.75) is 19.5 Å². The van der Waals surface area contributed by atoms with Gasteiger partial charge in [-0.25, -0.2) is 9.37 Å². The largest absolute Gasteiger partial charge is 0.343 e. The topological polar surface area (TPSA) is 59.8 Å². The summed E-state index contributed by atoms with van der Waals surface area (Å²) in [7, 11) is 0. The van der Waals surface area contributed by atoms with Crippen LogP contribution in [-0.2, 0) is 6.54 Å². The molecule has 0 radical (unpaired) electrons. The lowest BCUT2D eigenvalue weighted by molar-refractivity contribution is 0.0931. The first-order valence-corrected chi connectivity index (χ1v) is 7.58. The van der Waals surface area contributed by atoms with Crippen molar-refractivity contribution in [3.8, 4) is 0 Å². The van der Waals surface area contributed by atoms with Crippen LogP contribution < -0.4 is 5.32 Å². The van der Waals surface area contributed by atoms with Gasteiger partial charge in [0, 0.05) is 5.56 Å². The predicted molar refractivity (Wildman–Crippen MR) is 87.8 cm³/mol. The van der Waals surface area contributed by atoms with Crippen LogP contribution >= 0.6 is 0 Å².